The highest BCUT2D eigenvalue weighted by atomic mass is 32.1. The van der Waals surface area contributed by atoms with Gasteiger partial charge in [-0.05, 0) is 51.8 Å². The maximum atomic E-state index is 12.9. The maximum Gasteiger partial charge on any atom is 0.341 e. The average molecular weight is 405 g/mol. The van der Waals surface area contributed by atoms with Crippen molar-refractivity contribution in [2.75, 3.05) is 25.0 Å². The van der Waals surface area contributed by atoms with Crippen molar-refractivity contribution in [1.29, 1.82) is 0 Å². The first kappa shape index (κ1) is 20.5. The van der Waals surface area contributed by atoms with E-state index in [1.165, 1.54) is 11.3 Å². The molecule has 2 aromatic heterocycles. The normalized spacial score (nSPS) is 14.2. The van der Waals surface area contributed by atoms with Gasteiger partial charge in [-0.1, -0.05) is 6.92 Å². The predicted octanol–water partition coefficient (Wildman–Crippen LogP) is 3.72. The molecule has 0 saturated heterocycles. The Bertz CT molecular complexity index is 856. The first-order chi connectivity index (χ1) is 13.5. The molecule has 1 aliphatic rings. The molecule has 0 bridgehead atoms. The van der Waals surface area contributed by atoms with E-state index < -0.39 is 0 Å². The highest BCUT2D eigenvalue weighted by Gasteiger charge is 2.30. The molecular weight excluding hydrogens is 376 g/mol. The van der Waals surface area contributed by atoms with Gasteiger partial charge in [-0.3, -0.25) is 14.4 Å². The standard InChI is InChI=1S/C20H28N4O3S/c1-5-10-23-11-8-14-16(12-23)28-19(17(14)20(26)27-6-2)22-18(25)15-7-9-21-24(15)13(3)4/h7,9,13H,5-6,8,10-12H2,1-4H3,(H,22,25). The summed E-state index contributed by atoms with van der Waals surface area (Å²) < 4.78 is 6.96. The molecule has 0 aromatic carbocycles. The number of carbonyl (C=O) groups is 2. The summed E-state index contributed by atoms with van der Waals surface area (Å²) in [4.78, 5) is 29.1. The van der Waals surface area contributed by atoms with Crippen molar-refractivity contribution in [3.63, 3.8) is 0 Å². The predicted molar refractivity (Wildman–Crippen MR) is 110 cm³/mol. The minimum absolute atomic E-state index is 0.0689. The Morgan fingerprint density at radius 3 is 2.82 bits per heavy atom. The lowest BCUT2D eigenvalue weighted by Gasteiger charge is -2.26. The largest absolute Gasteiger partial charge is 0.462 e. The Balaban J connectivity index is 1.92. The molecule has 0 fully saturated rings. The number of hydrogen-bond acceptors (Lipinski definition) is 6. The van der Waals surface area contributed by atoms with Crippen molar-refractivity contribution in [3.8, 4) is 0 Å². The molecule has 3 heterocycles. The summed E-state index contributed by atoms with van der Waals surface area (Å²) in [5, 5.41) is 7.75. The highest BCUT2D eigenvalue weighted by molar-refractivity contribution is 7.17. The number of nitrogens with zero attached hydrogens (tertiary/aromatic N) is 3. The van der Waals surface area contributed by atoms with Crippen molar-refractivity contribution in [2.24, 2.45) is 0 Å². The van der Waals surface area contributed by atoms with Gasteiger partial charge in [0.05, 0.1) is 12.2 Å². The molecule has 0 radical (unpaired) electrons. The minimum Gasteiger partial charge on any atom is -0.462 e. The molecule has 3 rings (SSSR count). The minimum atomic E-state index is -0.364. The molecule has 0 unspecified atom stereocenters. The van der Waals surface area contributed by atoms with Gasteiger partial charge in [0.15, 0.2) is 0 Å². The Morgan fingerprint density at radius 1 is 1.36 bits per heavy atom. The number of anilines is 1. The third kappa shape index (κ3) is 4.12. The number of esters is 1. The second-order valence-electron chi connectivity index (χ2n) is 7.16. The molecule has 28 heavy (non-hydrogen) atoms. The fourth-order valence-corrected chi connectivity index (χ4v) is 4.82. The van der Waals surface area contributed by atoms with Crippen LogP contribution in [0.3, 0.4) is 0 Å². The zero-order valence-corrected chi connectivity index (χ0v) is 17.8. The Morgan fingerprint density at radius 2 is 2.14 bits per heavy atom. The number of carbonyl (C=O) groups excluding carboxylic acids is 2. The third-order valence-electron chi connectivity index (χ3n) is 4.77. The zero-order valence-electron chi connectivity index (χ0n) is 16.9. The van der Waals surface area contributed by atoms with Crippen molar-refractivity contribution in [1.82, 2.24) is 14.7 Å². The van der Waals surface area contributed by atoms with E-state index >= 15 is 0 Å². The van der Waals surface area contributed by atoms with Gasteiger partial charge < -0.3 is 10.1 Å². The summed E-state index contributed by atoms with van der Waals surface area (Å²) in [7, 11) is 0. The summed E-state index contributed by atoms with van der Waals surface area (Å²) in [6.45, 7) is 11.0. The molecule has 0 atom stereocenters. The van der Waals surface area contributed by atoms with E-state index in [9.17, 15) is 9.59 Å². The van der Waals surface area contributed by atoms with E-state index in [4.69, 9.17) is 4.74 Å². The van der Waals surface area contributed by atoms with E-state index in [2.05, 4.69) is 22.2 Å². The molecular formula is C20H28N4O3S. The van der Waals surface area contributed by atoms with E-state index in [1.807, 2.05) is 13.8 Å². The molecule has 0 aliphatic carbocycles. The third-order valence-corrected chi connectivity index (χ3v) is 5.91. The molecule has 0 spiro atoms. The van der Waals surface area contributed by atoms with Crippen LogP contribution < -0.4 is 5.32 Å². The molecule has 2 aromatic rings. The van der Waals surface area contributed by atoms with E-state index in [0.717, 1.165) is 42.9 Å². The van der Waals surface area contributed by atoms with Crippen LogP contribution >= 0.6 is 11.3 Å². The topological polar surface area (TPSA) is 76.5 Å². The number of fused-ring (bicyclic) bond motifs is 1. The number of thiophene rings is 1. The monoisotopic (exact) mass is 404 g/mol. The summed E-state index contributed by atoms with van der Waals surface area (Å²) in [6.07, 6.45) is 3.50. The number of hydrogen-bond donors (Lipinski definition) is 1. The van der Waals surface area contributed by atoms with Crippen LogP contribution in [0.4, 0.5) is 5.00 Å². The van der Waals surface area contributed by atoms with E-state index in [1.54, 1.807) is 23.9 Å². The molecule has 1 amide bonds. The number of ether oxygens (including phenoxy) is 1. The smallest absolute Gasteiger partial charge is 0.341 e. The summed E-state index contributed by atoms with van der Waals surface area (Å²) in [6, 6.07) is 1.76. The van der Waals surface area contributed by atoms with Crippen LogP contribution in [-0.2, 0) is 17.7 Å². The van der Waals surface area contributed by atoms with Crippen molar-refractivity contribution in [3.05, 3.63) is 34.0 Å². The van der Waals surface area contributed by atoms with Gasteiger partial charge in [0.1, 0.15) is 10.7 Å². The SMILES string of the molecule is CCCN1CCc2c(sc(NC(=O)c3ccnn3C(C)C)c2C(=O)OCC)C1. The molecule has 1 aliphatic heterocycles. The Labute approximate surface area is 169 Å². The number of rotatable bonds is 7. The summed E-state index contributed by atoms with van der Waals surface area (Å²) in [5.41, 5.74) is 2.01. The van der Waals surface area contributed by atoms with Gasteiger partial charge >= 0.3 is 5.97 Å². The van der Waals surface area contributed by atoms with Gasteiger partial charge in [0, 0.05) is 30.2 Å². The van der Waals surface area contributed by atoms with E-state index in [0.29, 0.717) is 22.9 Å². The molecule has 0 saturated carbocycles. The number of nitrogens with one attached hydrogen (secondary N) is 1. The average Bonchev–Trinajstić information content (AvgIpc) is 3.26. The van der Waals surface area contributed by atoms with Gasteiger partial charge in [0.2, 0.25) is 0 Å². The fraction of sp³-hybridized carbons (Fsp3) is 0.550. The summed E-state index contributed by atoms with van der Waals surface area (Å²) in [5.74, 6) is -0.627. The summed E-state index contributed by atoms with van der Waals surface area (Å²) >= 11 is 1.48. The van der Waals surface area contributed by atoms with Crippen LogP contribution in [0.2, 0.25) is 0 Å². The lowest BCUT2D eigenvalue weighted by atomic mass is 10.0. The van der Waals surface area contributed by atoms with Crippen LogP contribution in [0.15, 0.2) is 12.3 Å². The van der Waals surface area contributed by atoms with Crippen molar-refractivity contribution in [2.45, 2.75) is 53.1 Å². The maximum absolute atomic E-state index is 12.9. The molecule has 7 nitrogen and oxygen atoms in total. The van der Waals surface area contributed by atoms with Crippen LogP contribution in [-0.4, -0.2) is 46.3 Å². The van der Waals surface area contributed by atoms with Crippen molar-refractivity contribution < 1.29 is 14.3 Å². The fourth-order valence-electron chi connectivity index (χ4n) is 3.54. The lowest BCUT2D eigenvalue weighted by molar-refractivity contribution is 0.0526. The first-order valence-electron chi connectivity index (χ1n) is 9.85. The molecule has 8 heteroatoms. The lowest BCUT2D eigenvalue weighted by Crippen LogP contribution is -2.30. The van der Waals surface area contributed by atoms with Crippen molar-refractivity contribution >= 4 is 28.2 Å². The van der Waals surface area contributed by atoms with Gasteiger partial charge in [-0.25, -0.2) is 4.79 Å². The van der Waals surface area contributed by atoms with Crippen LogP contribution in [0, 0.1) is 0 Å². The number of amides is 1. The highest BCUT2D eigenvalue weighted by Crippen LogP contribution is 2.38. The van der Waals surface area contributed by atoms with Gasteiger partial charge in [-0.2, -0.15) is 5.10 Å². The van der Waals surface area contributed by atoms with Crippen LogP contribution in [0.25, 0.3) is 0 Å². The van der Waals surface area contributed by atoms with Crippen LogP contribution in [0.1, 0.15) is 71.4 Å². The second-order valence-corrected chi connectivity index (χ2v) is 8.27. The molecule has 1 N–H and O–H groups in total. The Kier molecular flexibility index (Phi) is 6.51. The van der Waals surface area contributed by atoms with Gasteiger partial charge in [-0.15, -0.1) is 11.3 Å². The number of aromatic nitrogens is 2. The second kappa shape index (κ2) is 8.87. The Hall–Kier alpha value is -2.19. The van der Waals surface area contributed by atoms with Gasteiger partial charge in [0.25, 0.3) is 5.91 Å². The zero-order chi connectivity index (χ0) is 20.3. The molecule has 152 valence electrons. The quantitative estimate of drug-likeness (QED) is 0.712. The van der Waals surface area contributed by atoms with Crippen LogP contribution in [0.5, 0.6) is 0 Å². The first-order valence-corrected chi connectivity index (χ1v) is 10.7. The van der Waals surface area contributed by atoms with E-state index in [-0.39, 0.29) is 17.9 Å².